The van der Waals surface area contributed by atoms with Gasteiger partial charge in [0.1, 0.15) is 11.9 Å². The summed E-state index contributed by atoms with van der Waals surface area (Å²) in [5.74, 6) is 1.80. The van der Waals surface area contributed by atoms with E-state index < -0.39 is 5.97 Å². The van der Waals surface area contributed by atoms with Gasteiger partial charge in [0.15, 0.2) is 0 Å². The largest absolute Gasteiger partial charge is 0.490 e. The molecule has 0 aliphatic carbocycles. The fourth-order valence-electron chi connectivity index (χ4n) is 3.99. The number of aromatic nitrogens is 3. The Morgan fingerprint density at radius 1 is 1.06 bits per heavy atom. The van der Waals surface area contributed by atoms with Gasteiger partial charge in [-0.3, -0.25) is 4.98 Å². The molecule has 1 fully saturated rings. The van der Waals surface area contributed by atoms with E-state index in [-0.39, 0.29) is 6.10 Å². The number of esters is 1. The molecule has 0 saturated carbocycles. The Labute approximate surface area is 194 Å². The number of anilines is 1. The first-order chi connectivity index (χ1) is 16.1. The van der Waals surface area contributed by atoms with Crippen LogP contribution in [-0.2, 0) is 4.74 Å². The van der Waals surface area contributed by atoms with E-state index in [0.29, 0.717) is 23.1 Å². The fraction of sp³-hybridized carbons (Fsp3) is 0.385. The molecule has 172 valence electrons. The van der Waals surface area contributed by atoms with Crippen LogP contribution < -0.4 is 9.64 Å². The van der Waals surface area contributed by atoms with Crippen LogP contribution in [0.5, 0.6) is 5.75 Å². The number of rotatable bonds is 7. The second-order valence-electron chi connectivity index (χ2n) is 8.35. The van der Waals surface area contributed by atoms with Crippen molar-refractivity contribution in [2.24, 2.45) is 0 Å². The molecular formula is C26H30N4O3. The van der Waals surface area contributed by atoms with Crippen LogP contribution in [0.25, 0.3) is 11.3 Å². The number of pyridine rings is 1. The number of hydrogen-bond donors (Lipinski definition) is 0. The Morgan fingerprint density at radius 3 is 2.42 bits per heavy atom. The lowest BCUT2D eigenvalue weighted by Crippen LogP contribution is -2.39. The van der Waals surface area contributed by atoms with E-state index in [1.165, 1.54) is 18.9 Å². The molecular weight excluding hydrogens is 416 g/mol. The zero-order valence-electron chi connectivity index (χ0n) is 19.4. The number of para-hydroxylation sites is 1. The molecule has 4 rings (SSSR count). The molecule has 1 aliphatic rings. The summed E-state index contributed by atoms with van der Waals surface area (Å²) in [5.41, 5.74) is 3.21. The van der Waals surface area contributed by atoms with Gasteiger partial charge in [-0.2, -0.15) is 0 Å². The average molecular weight is 447 g/mol. The Hall–Kier alpha value is -3.48. The van der Waals surface area contributed by atoms with Gasteiger partial charge in [-0.25, -0.2) is 14.8 Å². The van der Waals surface area contributed by atoms with Crippen molar-refractivity contribution in [3.05, 3.63) is 66.1 Å². The zero-order valence-corrected chi connectivity index (χ0v) is 19.4. The minimum absolute atomic E-state index is 0.197. The van der Waals surface area contributed by atoms with Gasteiger partial charge in [0.25, 0.3) is 0 Å². The highest BCUT2D eigenvalue weighted by Gasteiger charge is 2.23. The van der Waals surface area contributed by atoms with Crippen molar-refractivity contribution >= 4 is 11.9 Å². The lowest BCUT2D eigenvalue weighted by atomic mass is 9.97. The van der Waals surface area contributed by atoms with Crippen molar-refractivity contribution in [1.29, 1.82) is 0 Å². The maximum Gasteiger partial charge on any atom is 0.339 e. The number of methoxy groups -OCH3 is 1. The van der Waals surface area contributed by atoms with Crippen LogP contribution in [0.2, 0.25) is 0 Å². The van der Waals surface area contributed by atoms with Gasteiger partial charge in [0, 0.05) is 50.1 Å². The molecule has 1 unspecified atom stereocenters. The maximum absolute atomic E-state index is 11.6. The lowest BCUT2D eigenvalue weighted by Gasteiger charge is -2.32. The third-order valence-corrected chi connectivity index (χ3v) is 6.20. The summed E-state index contributed by atoms with van der Waals surface area (Å²) in [6, 6.07) is 11.8. The Kier molecular flexibility index (Phi) is 7.17. The van der Waals surface area contributed by atoms with Gasteiger partial charge in [-0.15, -0.1) is 0 Å². The van der Waals surface area contributed by atoms with Crippen molar-refractivity contribution in [3.63, 3.8) is 0 Å². The van der Waals surface area contributed by atoms with E-state index in [2.05, 4.69) is 51.9 Å². The lowest BCUT2D eigenvalue weighted by molar-refractivity contribution is 0.0600. The normalized spacial score (nSPS) is 15.2. The van der Waals surface area contributed by atoms with Crippen molar-refractivity contribution in [3.8, 4) is 17.0 Å². The van der Waals surface area contributed by atoms with E-state index in [1.807, 2.05) is 6.07 Å². The molecule has 0 N–H and O–H groups in total. The minimum Gasteiger partial charge on any atom is -0.490 e. The predicted octanol–water partition coefficient (Wildman–Crippen LogP) is 4.89. The highest BCUT2D eigenvalue weighted by Crippen LogP contribution is 2.31. The molecule has 0 bridgehead atoms. The van der Waals surface area contributed by atoms with E-state index in [4.69, 9.17) is 9.47 Å². The van der Waals surface area contributed by atoms with E-state index >= 15 is 0 Å². The van der Waals surface area contributed by atoms with Gasteiger partial charge in [0.2, 0.25) is 5.95 Å². The average Bonchev–Trinajstić information content (AvgIpc) is 2.89. The third kappa shape index (κ3) is 5.30. The van der Waals surface area contributed by atoms with Gasteiger partial charge >= 0.3 is 5.97 Å². The molecule has 0 radical (unpaired) electrons. The van der Waals surface area contributed by atoms with E-state index in [1.54, 1.807) is 24.5 Å². The quantitative estimate of drug-likeness (QED) is 0.478. The molecule has 7 heteroatoms. The van der Waals surface area contributed by atoms with Crippen LogP contribution in [0.15, 0.2) is 55.0 Å². The monoisotopic (exact) mass is 446 g/mol. The van der Waals surface area contributed by atoms with Crippen molar-refractivity contribution < 1.29 is 14.3 Å². The number of carbonyl (C=O) groups excluding carboxylic acids is 1. The summed E-state index contributed by atoms with van der Waals surface area (Å²) in [7, 11) is 1.35. The number of nitrogens with zero attached hydrogens (tertiary/aromatic N) is 4. The van der Waals surface area contributed by atoms with Crippen LogP contribution in [0, 0.1) is 0 Å². The summed E-state index contributed by atoms with van der Waals surface area (Å²) in [5, 5.41) is 0. The summed E-state index contributed by atoms with van der Waals surface area (Å²) in [4.78, 5) is 27.2. The molecule has 33 heavy (non-hydrogen) atoms. The number of carbonyl (C=O) groups is 1. The minimum atomic E-state index is -0.406. The molecule has 2 aromatic heterocycles. The first-order valence-corrected chi connectivity index (χ1v) is 11.5. The second kappa shape index (κ2) is 10.4. The van der Waals surface area contributed by atoms with Crippen molar-refractivity contribution in [2.45, 2.75) is 45.1 Å². The molecule has 1 atom stereocenters. The molecule has 3 heterocycles. The maximum atomic E-state index is 11.6. The Bertz CT molecular complexity index is 1060. The Balaban J connectivity index is 1.35. The van der Waals surface area contributed by atoms with Crippen molar-refractivity contribution in [1.82, 2.24) is 15.0 Å². The predicted molar refractivity (Wildman–Crippen MR) is 128 cm³/mol. The molecule has 0 amide bonds. The van der Waals surface area contributed by atoms with E-state index in [9.17, 15) is 4.79 Å². The summed E-state index contributed by atoms with van der Waals surface area (Å²) < 4.78 is 11.1. The number of benzene rings is 1. The fourth-order valence-corrected chi connectivity index (χ4v) is 3.99. The SMILES string of the molecule is CCC(C)c1ccccc1OC1CCN(c2ncc(-c3ccc(C(=O)OC)cn3)cn2)CC1. The summed E-state index contributed by atoms with van der Waals surface area (Å²) >= 11 is 0. The van der Waals surface area contributed by atoms with Crippen LogP contribution in [0.3, 0.4) is 0 Å². The number of ether oxygens (including phenoxy) is 2. The van der Waals surface area contributed by atoms with E-state index in [0.717, 1.165) is 43.7 Å². The van der Waals surface area contributed by atoms with Crippen LogP contribution in [-0.4, -0.2) is 47.2 Å². The number of hydrogen-bond acceptors (Lipinski definition) is 7. The smallest absolute Gasteiger partial charge is 0.339 e. The zero-order chi connectivity index (χ0) is 23.2. The highest BCUT2D eigenvalue weighted by molar-refractivity contribution is 5.89. The first kappa shape index (κ1) is 22.7. The van der Waals surface area contributed by atoms with Gasteiger partial charge in [-0.05, 0) is 36.1 Å². The van der Waals surface area contributed by atoms with Gasteiger partial charge in [-0.1, -0.05) is 32.0 Å². The van der Waals surface area contributed by atoms with Crippen LogP contribution >= 0.6 is 0 Å². The third-order valence-electron chi connectivity index (χ3n) is 6.20. The molecule has 1 aromatic carbocycles. The molecule has 1 aliphatic heterocycles. The van der Waals surface area contributed by atoms with Crippen molar-refractivity contribution in [2.75, 3.05) is 25.1 Å². The molecule has 7 nitrogen and oxygen atoms in total. The Morgan fingerprint density at radius 2 is 1.79 bits per heavy atom. The topological polar surface area (TPSA) is 77.4 Å². The summed E-state index contributed by atoms with van der Waals surface area (Å²) in [6.07, 6.45) is 8.19. The number of piperidine rings is 1. The molecule has 0 spiro atoms. The molecule has 1 saturated heterocycles. The first-order valence-electron chi connectivity index (χ1n) is 11.5. The van der Waals surface area contributed by atoms with Crippen LogP contribution in [0.1, 0.15) is 54.9 Å². The second-order valence-corrected chi connectivity index (χ2v) is 8.35. The summed E-state index contributed by atoms with van der Waals surface area (Å²) in [6.45, 7) is 6.15. The molecule has 3 aromatic rings. The standard InChI is InChI=1S/C26H30N4O3/c1-4-18(2)22-7-5-6-8-24(22)33-21-11-13-30(14-12-21)26-28-16-20(17-29-26)23-10-9-19(15-27-23)25(31)32-3/h5-10,15-18,21H,4,11-14H2,1-3H3. The van der Waals surface area contributed by atoms with Gasteiger partial charge in [0.05, 0.1) is 18.4 Å². The highest BCUT2D eigenvalue weighted by atomic mass is 16.5. The van der Waals surface area contributed by atoms with Gasteiger partial charge < -0.3 is 14.4 Å². The van der Waals surface area contributed by atoms with Crippen LogP contribution in [0.4, 0.5) is 5.95 Å².